The Balaban J connectivity index is 1.66. The molecule has 0 amide bonds. The fourth-order valence-electron chi connectivity index (χ4n) is 4.12. The summed E-state index contributed by atoms with van der Waals surface area (Å²) in [6.45, 7) is 4.24. The maximum atomic E-state index is 10.2. The summed E-state index contributed by atoms with van der Waals surface area (Å²) in [5.74, 6) is 1.17. The summed E-state index contributed by atoms with van der Waals surface area (Å²) in [6, 6.07) is 7.34. The van der Waals surface area contributed by atoms with Crippen molar-refractivity contribution < 1.29 is 24.4 Å². The van der Waals surface area contributed by atoms with Crippen LogP contribution in [0.3, 0.4) is 0 Å². The van der Waals surface area contributed by atoms with E-state index in [4.69, 9.17) is 24.2 Å². The molecule has 2 fully saturated rings. The summed E-state index contributed by atoms with van der Waals surface area (Å²) in [4.78, 5) is 11.8. The van der Waals surface area contributed by atoms with E-state index in [2.05, 4.69) is 9.47 Å². The van der Waals surface area contributed by atoms with Crippen LogP contribution in [0.5, 0.6) is 17.2 Å². The number of fused-ring (bicyclic) bond motifs is 1. The normalized spacial score (nSPS) is 19.5. The highest BCUT2D eigenvalue weighted by Gasteiger charge is 2.26. The van der Waals surface area contributed by atoms with Gasteiger partial charge in [0.2, 0.25) is 5.75 Å². The van der Waals surface area contributed by atoms with Gasteiger partial charge in [0.25, 0.3) is 0 Å². The largest absolute Gasteiger partial charge is 0.504 e. The second kappa shape index (κ2) is 7.66. The maximum Gasteiger partial charge on any atom is 0.200 e. The molecule has 2 aliphatic rings. The van der Waals surface area contributed by atoms with Crippen molar-refractivity contribution in [3.8, 4) is 28.6 Å². The Morgan fingerprint density at radius 2 is 1.90 bits per heavy atom. The summed E-state index contributed by atoms with van der Waals surface area (Å²) < 4.78 is 18.4. The van der Waals surface area contributed by atoms with Gasteiger partial charge in [-0.1, -0.05) is 0 Å². The lowest BCUT2D eigenvalue weighted by Crippen LogP contribution is -2.36. The van der Waals surface area contributed by atoms with E-state index in [0.717, 1.165) is 30.8 Å². The van der Waals surface area contributed by atoms with Gasteiger partial charge in [0, 0.05) is 25.3 Å². The number of anilines is 1. The minimum Gasteiger partial charge on any atom is -0.504 e. The van der Waals surface area contributed by atoms with Gasteiger partial charge in [-0.2, -0.15) is 0 Å². The van der Waals surface area contributed by atoms with Crippen LogP contribution in [0.25, 0.3) is 22.6 Å². The van der Waals surface area contributed by atoms with Gasteiger partial charge in [0.05, 0.1) is 38.5 Å². The molecule has 2 saturated heterocycles. The Kier molecular flexibility index (Phi) is 4.84. The van der Waals surface area contributed by atoms with Crippen LogP contribution in [0.15, 0.2) is 24.3 Å². The first kappa shape index (κ1) is 19.0. The summed E-state index contributed by atoms with van der Waals surface area (Å²) in [5, 5.41) is 20.2. The highest BCUT2D eigenvalue weighted by Crippen LogP contribution is 2.41. The minimum absolute atomic E-state index is 0.114. The van der Waals surface area contributed by atoms with Crippen LogP contribution in [0.1, 0.15) is 12.5 Å². The van der Waals surface area contributed by atoms with E-state index in [1.54, 1.807) is 6.07 Å². The highest BCUT2D eigenvalue weighted by molar-refractivity contribution is 5.80. The molecule has 1 atom stereocenters. The zero-order valence-corrected chi connectivity index (χ0v) is 16.7. The van der Waals surface area contributed by atoms with Gasteiger partial charge in [-0.25, -0.2) is 9.97 Å². The molecule has 2 aliphatic heterocycles. The van der Waals surface area contributed by atoms with Gasteiger partial charge < -0.3 is 33.9 Å². The maximum absolute atomic E-state index is 10.2. The smallest absolute Gasteiger partial charge is 0.200 e. The first-order valence-electron chi connectivity index (χ1n) is 10.1. The lowest BCUT2D eigenvalue weighted by molar-refractivity contribution is 0.122. The van der Waals surface area contributed by atoms with Crippen molar-refractivity contribution in [2.24, 2.45) is 0 Å². The number of phenols is 2. The molecule has 1 unspecified atom stereocenters. The number of hydrogen-bond donors (Lipinski definition) is 2. The minimum atomic E-state index is -0.291. The lowest BCUT2D eigenvalue weighted by Gasteiger charge is -2.27. The van der Waals surface area contributed by atoms with Gasteiger partial charge >= 0.3 is 0 Å². The molecule has 0 bridgehead atoms. The molecule has 2 aromatic heterocycles. The molecule has 30 heavy (non-hydrogen) atoms. The second-order valence-electron chi connectivity index (χ2n) is 7.48. The quantitative estimate of drug-likeness (QED) is 0.630. The van der Waals surface area contributed by atoms with Gasteiger partial charge in [-0.3, -0.25) is 0 Å². The monoisotopic (exact) mass is 412 g/mol. The van der Waals surface area contributed by atoms with Crippen LogP contribution >= 0.6 is 0 Å². The average Bonchev–Trinajstić information content (AvgIpc) is 3.43. The number of imidazole rings is 1. The number of methoxy groups -OCH3 is 1. The fraction of sp³-hybridized carbons (Fsp3) is 0.429. The zero-order chi connectivity index (χ0) is 20.7. The third-order valence-electron chi connectivity index (χ3n) is 5.68. The Labute approximate surface area is 173 Å². The molecular weight excluding hydrogens is 388 g/mol. The number of ether oxygens (including phenoxy) is 3. The van der Waals surface area contributed by atoms with E-state index in [9.17, 15) is 10.2 Å². The van der Waals surface area contributed by atoms with Crippen molar-refractivity contribution in [3.05, 3.63) is 24.3 Å². The van der Waals surface area contributed by atoms with E-state index >= 15 is 0 Å². The average molecular weight is 412 g/mol. The number of benzene rings is 1. The van der Waals surface area contributed by atoms with Gasteiger partial charge in [0.1, 0.15) is 11.6 Å². The summed E-state index contributed by atoms with van der Waals surface area (Å²) >= 11 is 0. The number of pyridine rings is 1. The Hall–Kier alpha value is -3.04. The number of rotatable bonds is 4. The van der Waals surface area contributed by atoms with Crippen LogP contribution < -0.4 is 9.64 Å². The molecule has 0 aliphatic carbocycles. The predicted molar refractivity (Wildman–Crippen MR) is 110 cm³/mol. The van der Waals surface area contributed by atoms with Gasteiger partial charge in [-0.15, -0.1) is 0 Å². The third-order valence-corrected chi connectivity index (χ3v) is 5.68. The van der Waals surface area contributed by atoms with Crippen LogP contribution in [0.4, 0.5) is 5.82 Å². The van der Waals surface area contributed by atoms with Crippen LogP contribution in [-0.4, -0.2) is 71.4 Å². The topological polar surface area (TPSA) is 102 Å². The number of aromatic hydroxyl groups is 2. The molecule has 9 heteroatoms. The third kappa shape index (κ3) is 3.20. The summed E-state index contributed by atoms with van der Waals surface area (Å²) in [6.07, 6.45) is 0.866. The number of hydrogen-bond acceptors (Lipinski definition) is 8. The molecule has 158 valence electrons. The number of phenolic OH excluding ortho intramolecular Hbond substituents is 2. The Morgan fingerprint density at radius 3 is 2.63 bits per heavy atom. The molecule has 3 aromatic rings. The second-order valence-corrected chi connectivity index (χ2v) is 7.48. The fourth-order valence-corrected chi connectivity index (χ4v) is 4.12. The molecule has 0 saturated carbocycles. The summed E-state index contributed by atoms with van der Waals surface area (Å²) in [7, 11) is 1.45. The van der Waals surface area contributed by atoms with Crippen LogP contribution in [0, 0.1) is 0 Å². The standard InChI is InChI=1S/C21H24N4O5/c1-28-17-11-13(10-16(26)19(17)27)21-23-20-15(25(21)14-4-7-30-12-14)2-3-18(22-20)24-5-8-29-9-6-24/h2-3,10-11,14,26-27H,4-9,12H2,1H3. The predicted octanol–water partition coefficient (Wildman–Crippen LogP) is 2.32. The van der Waals surface area contributed by atoms with Crippen molar-refractivity contribution in [2.45, 2.75) is 12.5 Å². The Bertz CT molecular complexity index is 1070. The van der Waals surface area contributed by atoms with Crippen molar-refractivity contribution in [1.29, 1.82) is 0 Å². The van der Waals surface area contributed by atoms with E-state index in [1.165, 1.54) is 13.2 Å². The van der Waals surface area contributed by atoms with E-state index < -0.39 is 0 Å². The molecule has 5 rings (SSSR count). The van der Waals surface area contributed by atoms with Crippen molar-refractivity contribution >= 4 is 17.0 Å². The van der Waals surface area contributed by atoms with Crippen molar-refractivity contribution in [1.82, 2.24) is 14.5 Å². The van der Waals surface area contributed by atoms with Crippen LogP contribution in [-0.2, 0) is 9.47 Å². The lowest BCUT2D eigenvalue weighted by atomic mass is 10.1. The molecule has 0 radical (unpaired) electrons. The number of aromatic nitrogens is 3. The molecular formula is C21H24N4O5. The van der Waals surface area contributed by atoms with E-state index in [1.807, 2.05) is 12.1 Å². The molecule has 0 spiro atoms. The summed E-state index contributed by atoms with van der Waals surface area (Å²) in [5.41, 5.74) is 2.18. The first-order chi connectivity index (χ1) is 14.7. The van der Waals surface area contributed by atoms with Crippen molar-refractivity contribution in [2.75, 3.05) is 51.5 Å². The zero-order valence-electron chi connectivity index (χ0n) is 16.7. The molecule has 1 aromatic carbocycles. The van der Waals surface area contributed by atoms with Crippen LogP contribution in [0.2, 0.25) is 0 Å². The molecule has 2 N–H and O–H groups in total. The Morgan fingerprint density at radius 1 is 1.07 bits per heavy atom. The van der Waals surface area contributed by atoms with E-state index in [0.29, 0.717) is 43.5 Å². The van der Waals surface area contributed by atoms with Gasteiger partial charge in [-0.05, 0) is 30.7 Å². The highest BCUT2D eigenvalue weighted by atomic mass is 16.5. The molecule has 4 heterocycles. The van der Waals surface area contributed by atoms with Crippen molar-refractivity contribution in [3.63, 3.8) is 0 Å². The SMILES string of the molecule is COc1cc(-c2nc3nc(N4CCOCC4)ccc3n2C2CCOC2)cc(O)c1O. The number of nitrogens with zero attached hydrogens (tertiary/aromatic N) is 4. The number of morpholine rings is 1. The first-order valence-corrected chi connectivity index (χ1v) is 10.1. The van der Waals surface area contributed by atoms with Gasteiger partial charge in [0.15, 0.2) is 17.1 Å². The van der Waals surface area contributed by atoms with E-state index in [-0.39, 0.29) is 23.3 Å². The molecule has 9 nitrogen and oxygen atoms in total.